The summed E-state index contributed by atoms with van der Waals surface area (Å²) in [6, 6.07) is 19.2. The zero-order valence-electron chi connectivity index (χ0n) is 12.2. The van der Waals surface area contributed by atoms with Crippen molar-refractivity contribution in [2.75, 3.05) is 6.61 Å². The molecule has 2 unspecified atom stereocenters. The molecule has 0 aromatic heterocycles. The van der Waals surface area contributed by atoms with Crippen molar-refractivity contribution in [2.24, 2.45) is 0 Å². The third-order valence-electron chi connectivity index (χ3n) is 4.25. The van der Waals surface area contributed by atoms with Gasteiger partial charge in [0.2, 0.25) is 0 Å². The summed E-state index contributed by atoms with van der Waals surface area (Å²) in [7, 11) is 0. The Morgan fingerprint density at radius 2 is 1.81 bits per heavy atom. The molecule has 2 aromatic carbocycles. The third kappa shape index (κ3) is 3.68. The Kier molecular flexibility index (Phi) is 4.97. The van der Waals surface area contributed by atoms with E-state index in [9.17, 15) is 0 Å². The van der Waals surface area contributed by atoms with Gasteiger partial charge >= 0.3 is 0 Å². The Bertz CT molecular complexity index is 567. The molecule has 0 amide bonds. The Balaban J connectivity index is 1.55. The summed E-state index contributed by atoms with van der Waals surface area (Å²) >= 11 is 3.82. The molecule has 0 spiro atoms. The summed E-state index contributed by atoms with van der Waals surface area (Å²) in [6.45, 7) is 0.859. The van der Waals surface area contributed by atoms with Crippen LogP contribution in [0.2, 0.25) is 0 Å². The smallest absolute Gasteiger partial charge is 0.122 e. The van der Waals surface area contributed by atoms with E-state index in [2.05, 4.69) is 70.5 Å². The van der Waals surface area contributed by atoms with Gasteiger partial charge in [-0.1, -0.05) is 70.9 Å². The van der Waals surface area contributed by atoms with E-state index in [-0.39, 0.29) is 0 Å². The number of benzene rings is 2. The van der Waals surface area contributed by atoms with E-state index in [1.54, 1.807) is 0 Å². The fourth-order valence-electron chi connectivity index (χ4n) is 3.09. The molecule has 0 fully saturated rings. The molecule has 0 saturated carbocycles. The van der Waals surface area contributed by atoms with Crippen LogP contribution in [0, 0.1) is 0 Å². The van der Waals surface area contributed by atoms with Crippen LogP contribution in [0.5, 0.6) is 5.75 Å². The quantitative estimate of drug-likeness (QED) is 0.617. The zero-order chi connectivity index (χ0) is 14.5. The van der Waals surface area contributed by atoms with Crippen LogP contribution in [0.1, 0.15) is 47.6 Å². The van der Waals surface area contributed by atoms with Crippen LogP contribution in [0.4, 0.5) is 0 Å². The first-order valence-electron chi connectivity index (χ1n) is 7.75. The van der Waals surface area contributed by atoms with Gasteiger partial charge in [-0.15, -0.1) is 0 Å². The lowest BCUT2D eigenvalue weighted by Crippen LogP contribution is -2.14. The lowest BCUT2D eigenvalue weighted by atomic mass is 9.88. The van der Waals surface area contributed by atoms with Crippen LogP contribution in [0.15, 0.2) is 54.6 Å². The van der Waals surface area contributed by atoms with E-state index >= 15 is 0 Å². The van der Waals surface area contributed by atoms with Gasteiger partial charge in [0.15, 0.2) is 0 Å². The monoisotopic (exact) mass is 344 g/mol. The second kappa shape index (κ2) is 7.13. The van der Waals surface area contributed by atoms with Crippen molar-refractivity contribution in [2.45, 2.75) is 36.4 Å². The van der Waals surface area contributed by atoms with Gasteiger partial charge in [-0.25, -0.2) is 0 Å². The molecule has 3 rings (SSSR count). The zero-order valence-corrected chi connectivity index (χ0v) is 13.8. The summed E-state index contributed by atoms with van der Waals surface area (Å²) in [5.41, 5.74) is 2.78. The number of fused-ring (bicyclic) bond motifs is 1. The van der Waals surface area contributed by atoms with Crippen LogP contribution in [0.3, 0.4) is 0 Å². The van der Waals surface area contributed by atoms with Crippen molar-refractivity contribution in [3.05, 3.63) is 65.7 Å². The average molecular weight is 345 g/mol. The van der Waals surface area contributed by atoms with Crippen LogP contribution in [-0.4, -0.2) is 6.61 Å². The molecule has 0 saturated heterocycles. The predicted molar refractivity (Wildman–Crippen MR) is 91.3 cm³/mol. The average Bonchev–Trinajstić information content (AvgIpc) is 2.56. The highest BCUT2D eigenvalue weighted by molar-refractivity contribution is 9.09. The Hall–Kier alpha value is -1.28. The molecular formula is C19H21BrO. The maximum atomic E-state index is 5.74. The summed E-state index contributed by atoms with van der Waals surface area (Å²) in [6.07, 6.45) is 4.82. The Morgan fingerprint density at radius 1 is 1.05 bits per heavy atom. The fourth-order valence-corrected chi connectivity index (χ4v) is 3.72. The SMILES string of the molecule is BrC(CCCC1CCOc2ccccc21)c1ccccc1. The summed E-state index contributed by atoms with van der Waals surface area (Å²) in [5.74, 6) is 1.75. The molecule has 110 valence electrons. The largest absolute Gasteiger partial charge is 0.493 e. The topological polar surface area (TPSA) is 9.23 Å². The lowest BCUT2D eigenvalue weighted by Gasteiger charge is -2.26. The third-order valence-corrected chi connectivity index (χ3v) is 5.24. The molecule has 0 N–H and O–H groups in total. The standard InChI is InChI=1S/C19H21BrO/c20-18(16-7-2-1-3-8-16)11-6-9-15-13-14-21-19-12-5-4-10-17(15)19/h1-5,7-8,10,12,15,18H,6,9,11,13-14H2. The minimum Gasteiger partial charge on any atom is -0.493 e. The summed E-state index contributed by atoms with van der Waals surface area (Å²) < 4.78 is 5.74. The maximum Gasteiger partial charge on any atom is 0.122 e. The van der Waals surface area contributed by atoms with Crippen LogP contribution in [-0.2, 0) is 0 Å². The lowest BCUT2D eigenvalue weighted by molar-refractivity contribution is 0.261. The fraction of sp³-hybridized carbons (Fsp3) is 0.368. The molecule has 21 heavy (non-hydrogen) atoms. The minimum absolute atomic E-state index is 0.466. The first-order valence-corrected chi connectivity index (χ1v) is 8.67. The number of ether oxygens (including phenoxy) is 1. The number of hydrogen-bond donors (Lipinski definition) is 0. The second-order valence-electron chi connectivity index (χ2n) is 5.68. The van der Waals surface area contributed by atoms with Gasteiger partial charge in [0.1, 0.15) is 5.75 Å². The van der Waals surface area contributed by atoms with Gasteiger partial charge < -0.3 is 4.74 Å². The number of rotatable bonds is 5. The van der Waals surface area contributed by atoms with Gasteiger partial charge in [0.25, 0.3) is 0 Å². The van der Waals surface area contributed by atoms with Gasteiger partial charge in [-0.2, -0.15) is 0 Å². The highest BCUT2D eigenvalue weighted by Gasteiger charge is 2.20. The maximum absolute atomic E-state index is 5.74. The van der Waals surface area contributed by atoms with Crippen molar-refractivity contribution in [1.29, 1.82) is 0 Å². The van der Waals surface area contributed by atoms with Crippen LogP contribution < -0.4 is 4.74 Å². The van der Waals surface area contributed by atoms with Crippen molar-refractivity contribution >= 4 is 15.9 Å². The summed E-state index contributed by atoms with van der Waals surface area (Å²) in [4.78, 5) is 0.466. The second-order valence-corrected chi connectivity index (χ2v) is 6.79. The molecule has 2 atom stereocenters. The number of alkyl halides is 1. The highest BCUT2D eigenvalue weighted by Crippen LogP contribution is 2.37. The number of para-hydroxylation sites is 1. The summed E-state index contributed by atoms with van der Waals surface area (Å²) in [5, 5.41) is 0. The van der Waals surface area contributed by atoms with Crippen molar-refractivity contribution in [1.82, 2.24) is 0 Å². The van der Waals surface area contributed by atoms with E-state index in [1.165, 1.54) is 30.4 Å². The van der Waals surface area contributed by atoms with Crippen molar-refractivity contribution < 1.29 is 4.74 Å². The van der Waals surface area contributed by atoms with Crippen molar-refractivity contribution in [3.8, 4) is 5.75 Å². The van der Waals surface area contributed by atoms with Gasteiger partial charge in [0, 0.05) is 4.83 Å². The van der Waals surface area contributed by atoms with Crippen LogP contribution >= 0.6 is 15.9 Å². The van der Waals surface area contributed by atoms with Crippen LogP contribution in [0.25, 0.3) is 0 Å². The minimum atomic E-state index is 0.466. The molecule has 1 nitrogen and oxygen atoms in total. The van der Waals surface area contributed by atoms with Crippen molar-refractivity contribution in [3.63, 3.8) is 0 Å². The Morgan fingerprint density at radius 3 is 2.67 bits per heavy atom. The first kappa shape index (κ1) is 14.6. The van der Waals surface area contributed by atoms with Gasteiger partial charge in [-0.3, -0.25) is 0 Å². The molecule has 1 aliphatic rings. The molecular weight excluding hydrogens is 324 g/mol. The Labute approximate surface area is 135 Å². The first-order chi connectivity index (χ1) is 10.3. The number of hydrogen-bond acceptors (Lipinski definition) is 1. The molecule has 0 radical (unpaired) electrons. The molecule has 2 aromatic rings. The van der Waals surface area contributed by atoms with E-state index in [0.29, 0.717) is 10.7 Å². The van der Waals surface area contributed by atoms with E-state index < -0.39 is 0 Å². The van der Waals surface area contributed by atoms with E-state index in [0.717, 1.165) is 18.8 Å². The predicted octanol–water partition coefficient (Wildman–Crippen LogP) is 5.86. The van der Waals surface area contributed by atoms with E-state index in [1.807, 2.05) is 0 Å². The normalized spacial score (nSPS) is 18.6. The molecule has 1 heterocycles. The number of halogens is 1. The highest BCUT2D eigenvalue weighted by atomic mass is 79.9. The molecule has 2 heteroatoms. The molecule has 0 bridgehead atoms. The van der Waals surface area contributed by atoms with Gasteiger partial charge in [-0.05, 0) is 42.4 Å². The van der Waals surface area contributed by atoms with Gasteiger partial charge in [0.05, 0.1) is 6.61 Å². The molecule has 0 aliphatic carbocycles. The molecule has 1 aliphatic heterocycles. The van der Waals surface area contributed by atoms with E-state index in [4.69, 9.17) is 4.74 Å².